The van der Waals surface area contributed by atoms with Crippen LogP contribution in [-0.4, -0.2) is 39.4 Å². The molecule has 7 nitrogen and oxygen atoms in total. The van der Waals surface area contributed by atoms with Gasteiger partial charge in [0.05, 0.1) is 11.7 Å². The van der Waals surface area contributed by atoms with Crippen LogP contribution in [0, 0.1) is 0 Å². The van der Waals surface area contributed by atoms with Gasteiger partial charge in [-0.2, -0.15) is 10.1 Å². The van der Waals surface area contributed by atoms with Gasteiger partial charge in [0.2, 0.25) is 5.95 Å². The van der Waals surface area contributed by atoms with Crippen LogP contribution in [0.4, 0.5) is 11.6 Å². The summed E-state index contributed by atoms with van der Waals surface area (Å²) in [4.78, 5) is 21.9. The summed E-state index contributed by atoms with van der Waals surface area (Å²) in [7, 11) is 2.05. The summed E-state index contributed by atoms with van der Waals surface area (Å²) < 4.78 is 1.78. The Hall–Kier alpha value is -2.83. The van der Waals surface area contributed by atoms with Crippen molar-refractivity contribution in [1.29, 1.82) is 0 Å². The van der Waals surface area contributed by atoms with Crippen molar-refractivity contribution in [2.75, 3.05) is 23.8 Å². The SMILES string of the molecule is CC(CNc1nc2c(cnn2C(C)(C)C)c(=O)[nH]1)N(C)c1ccccc1. The minimum absolute atomic E-state index is 0.183. The van der Waals surface area contributed by atoms with E-state index in [1.165, 1.54) is 0 Å². The third kappa shape index (κ3) is 3.56. The van der Waals surface area contributed by atoms with Crippen LogP contribution in [0.15, 0.2) is 41.3 Å². The first-order chi connectivity index (χ1) is 12.3. The van der Waals surface area contributed by atoms with Crippen LogP contribution in [0.2, 0.25) is 0 Å². The number of hydrogen-bond donors (Lipinski definition) is 2. The van der Waals surface area contributed by atoms with E-state index in [1.54, 1.807) is 10.9 Å². The highest BCUT2D eigenvalue weighted by atomic mass is 16.1. The molecule has 26 heavy (non-hydrogen) atoms. The highest BCUT2D eigenvalue weighted by molar-refractivity contribution is 5.74. The first kappa shape index (κ1) is 18.0. The molecule has 0 aliphatic rings. The molecule has 3 rings (SSSR count). The fourth-order valence-corrected chi connectivity index (χ4v) is 2.79. The molecule has 1 atom stereocenters. The maximum atomic E-state index is 12.3. The van der Waals surface area contributed by atoms with Gasteiger partial charge in [-0.3, -0.25) is 9.78 Å². The van der Waals surface area contributed by atoms with E-state index in [2.05, 4.69) is 51.4 Å². The quantitative estimate of drug-likeness (QED) is 0.737. The van der Waals surface area contributed by atoms with Gasteiger partial charge in [0.1, 0.15) is 5.39 Å². The molecule has 2 heterocycles. The Morgan fingerprint density at radius 2 is 1.96 bits per heavy atom. The zero-order valence-electron chi connectivity index (χ0n) is 15.9. The number of aromatic amines is 1. The van der Waals surface area contributed by atoms with Gasteiger partial charge >= 0.3 is 0 Å². The van der Waals surface area contributed by atoms with Gasteiger partial charge in [-0.1, -0.05) is 18.2 Å². The van der Waals surface area contributed by atoms with Gasteiger partial charge in [-0.25, -0.2) is 4.68 Å². The molecule has 1 aromatic carbocycles. The van der Waals surface area contributed by atoms with E-state index < -0.39 is 0 Å². The average Bonchev–Trinajstić information content (AvgIpc) is 3.04. The smallest absolute Gasteiger partial charge is 0.263 e. The average molecular weight is 354 g/mol. The fourth-order valence-electron chi connectivity index (χ4n) is 2.79. The number of fused-ring (bicyclic) bond motifs is 1. The fraction of sp³-hybridized carbons (Fsp3) is 0.421. The topological polar surface area (TPSA) is 78.8 Å². The second-order valence-electron chi connectivity index (χ2n) is 7.56. The number of aromatic nitrogens is 4. The standard InChI is InChI=1S/C19H26N6O/c1-13(24(5)14-9-7-6-8-10-14)11-20-18-22-16-15(17(26)23-18)12-21-25(16)19(2,3)4/h6-10,12-13H,11H2,1-5H3,(H2,20,22,23,26). The van der Waals surface area contributed by atoms with Gasteiger partial charge in [-0.15, -0.1) is 0 Å². The van der Waals surface area contributed by atoms with Crippen LogP contribution in [0.5, 0.6) is 0 Å². The number of likely N-dealkylation sites (N-methyl/N-ethyl adjacent to an activating group) is 1. The molecule has 0 bridgehead atoms. The van der Waals surface area contributed by atoms with Crippen molar-refractivity contribution in [2.45, 2.75) is 39.3 Å². The Bertz CT molecular complexity index is 938. The van der Waals surface area contributed by atoms with Gasteiger partial charge in [0.25, 0.3) is 5.56 Å². The van der Waals surface area contributed by atoms with E-state index >= 15 is 0 Å². The van der Waals surface area contributed by atoms with E-state index in [1.807, 2.05) is 39.0 Å². The lowest BCUT2D eigenvalue weighted by molar-refractivity contribution is 0.366. The van der Waals surface area contributed by atoms with Gasteiger partial charge in [0, 0.05) is 25.3 Å². The van der Waals surface area contributed by atoms with Crippen molar-refractivity contribution in [2.24, 2.45) is 0 Å². The Balaban J connectivity index is 1.80. The van der Waals surface area contributed by atoms with E-state index in [0.29, 0.717) is 23.5 Å². The van der Waals surface area contributed by atoms with E-state index in [4.69, 9.17) is 0 Å². The highest BCUT2D eigenvalue weighted by Gasteiger charge is 2.20. The molecule has 2 N–H and O–H groups in total. The lowest BCUT2D eigenvalue weighted by atomic mass is 10.1. The zero-order valence-corrected chi connectivity index (χ0v) is 15.9. The van der Waals surface area contributed by atoms with Crippen molar-refractivity contribution >= 4 is 22.7 Å². The molecule has 2 aromatic heterocycles. The molecule has 0 amide bonds. The van der Waals surface area contributed by atoms with Crippen LogP contribution >= 0.6 is 0 Å². The summed E-state index contributed by atoms with van der Waals surface area (Å²) in [5.74, 6) is 0.460. The normalized spacial score (nSPS) is 13.0. The first-order valence-electron chi connectivity index (χ1n) is 8.77. The molecule has 138 valence electrons. The maximum absolute atomic E-state index is 12.3. The molecule has 0 fully saturated rings. The molecule has 0 aliphatic carbocycles. The molecular weight excluding hydrogens is 328 g/mol. The van der Waals surface area contributed by atoms with Crippen LogP contribution < -0.4 is 15.8 Å². The highest BCUT2D eigenvalue weighted by Crippen LogP contribution is 2.19. The van der Waals surface area contributed by atoms with E-state index in [0.717, 1.165) is 5.69 Å². The number of anilines is 2. The van der Waals surface area contributed by atoms with Crippen molar-refractivity contribution in [3.05, 3.63) is 46.9 Å². The predicted octanol–water partition coefficient (Wildman–Crippen LogP) is 2.81. The second-order valence-corrected chi connectivity index (χ2v) is 7.56. The molecule has 0 radical (unpaired) electrons. The number of nitrogens with zero attached hydrogens (tertiary/aromatic N) is 4. The van der Waals surface area contributed by atoms with Gasteiger partial charge < -0.3 is 10.2 Å². The van der Waals surface area contributed by atoms with Gasteiger partial charge in [0.15, 0.2) is 5.65 Å². The molecule has 1 unspecified atom stereocenters. The largest absolute Gasteiger partial charge is 0.370 e. The number of para-hydroxylation sites is 1. The van der Waals surface area contributed by atoms with Crippen molar-refractivity contribution < 1.29 is 0 Å². The number of nitrogens with one attached hydrogen (secondary N) is 2. The predicted molar refractivity (Wildman–Crippen MR) is 106 cm³/mol. The monoisotopic (exact) mass is 354 g/mol. The Morgan fingerprint density at radius 3 is 2.62 bits per heavy atom. The summed E-state index contributed by atoms with van der Waals surface area (Å²) in [6.07, 6.45) is 1.57. The van der Waals surface area contributed by atoms with Crippen LogP contribution in [-0.2, 0) is 5.54 Å². The Labute approximate surface area is 153 Å². The third-order valence-corrected chi connectivity index (χ3v) is 4.46. The second kappa shape index (κ2) is 6.82. The minimum Gasteiger partial charge on any atom is -0.370 e. The van der Waals surface area contributed by atoms with Crippen molar-refractivity contribution in [3.8, 4) is 0 Å². The zero-order chi connectivity index (χ0) is 18.9. The molecule has 0 spiro atoms. The van der Waals surface area contributed by atoms with Crippen LogP contribution in [0.3, 0.4) is 0 Å². The molecular formula is C19H26N6O. The Morgan fingerprint density at radius 1 is 1.27 bits per heavy atom. The lowest BCUT2D eigenvalue weighted by Gasteiger charge is -2.27. The molecule has 0 aliphatic heterocycles. The summed E-state index contributed by atoms with van der Waals surface area (Å²) in [5, 5.41) is 8.08. The number of H-pyrrole nitrogens is 1. The van der Waals surface area contributed by atoms with Crippen molar-refractivity contribution in [3.63, 3.8) is 0 Å². The first-order valence-corrected chi connectivity index (χ1v) is 8.77. The molecule has 0 saturated heterocycles. The van der Waals surface area contributed by atoms with Gasteiger partial charge in [-0.05, 0) is 39.8 Å². The number of hydrogen-bond acceptors (Lipinski definition) is 5. The molecule has 0 saturated carbocycles. The number of rotatable bonds is 5. The maximum Gasteiger partial charge on any atom is 0.263 e. The van der Waals surface area contributed by atoms with E-state index in [9.17, 15) is 4.79 Å². The van der Waals surface area contributed by atoms with Crippen LogP contribution in [0.25, 0.3) is 11.0 Å². The Kier molecular flexibility index (Phi) is 4.71. The van der Waals surface area contributed by atoms with Crippen molar-refractivity contribution in [1.82, 2.24) is 19.7 Å². The summed E-state index contributed by atoms with van der Waals surface area (Å²) in [6, 6.07) is 10.4. The lowest BCUT2D eigenvalue weighted by Crippen LogP contribution is -2.35. The number of benzene rings is 1. The van der Waals surface area contributed by atoms with E-state index in [-0.39, 0.29) is 17.1 Å². The molecule has 7 heteroatoms. The molecule has 3 aromatic rings. The third-order valence-electron chi connectivity index (χ3n) is 4.46. The minimum atomic E-state index is -0.249. The summed E-state index contributed by atoms with van der Waals surface area (Å²) in [6.45, 7) is 8.87. The summed E-state index contributed by atoms with van der Waals surface area (Å²) >= 11 is 0. The summed E-state index contributed by atoms with van der Waals surface area (Å²) in [5.41, 5.74) is 1.30. The van der Waals surface area contributed by atoms with Crippen LogP contribution in [0.1, 0.15) is 27.7 Å².